The van der Waals surface area contributed by atoms with Crippen molar-refractivity contribution in [3.8, 4) is 6.07 Å². The molecule has 0 aromatic carbocycles. The van der Waals surface area contributed by atoms with Gasteiger partial charge in [0.25, 0.3) is 0 Å². The van der Waals surface area contributed by atoms with Crippen LogP contribution in [0.3, 0.4) is 0 Å². The molecule has 2 fully saturated rings. The molecule has 0 unspecified atom stereocenters. The standard InChI is InChI=1S/C14H23NO2/c1-12(2)4-6-13(10-15,7-5-12)14(16)8-11(9-14)17-3/h11,16H,4-9H2,1-3H3. The van der Waals surface area contributed by atoms with E-state index in [1.807, 2.05) is 0 Å². The number of hydrogen-bond acceptors (Lipinski definition) is 3. The fourth-order valence-corrected chi connectivity index (χ4v) is 3.29. The minimum absolute atomic E-state index is 0.139. The lowest BCUT2D eigenvalue weighted by Crippen LogP contribution is -2.60. The molecular formula is C14H23NO2. The van der Waals surface area contributed by atoms with Crippen LogP contribution in [0.2, 0.25) is 0 Å². The van der Waals surface area contributed by atoms with Crippen LogP contribution >= 0.6 is 0 Å². The third kappa shape index (κ3) is 1.98. The Bertz CT molecular complexity index is 327. The van der Waals surface area contributed by atoms with E-state index in [0.29, 0.717) is 18.3 Å². The molecule has 2 rings (SSSR count). The molecule has 2 saturated carbocycles. The molecule has 0 heterocycles. The maximum atomic E-state index is 10.7. The van der Waals surface area contributed by atoms with Gasteiger partial charge in [0.15, 0.2) is 0 Å². The largest absolute Gasteiger partial charge is 0.388 e. The molecule has 0 aromatic rings. The van der Waals surface area contributed by atoms with Crippen molar-refractivity contribution in [3.63, 3.8) is 0 Å². The first-order chi connectivity index (χ1) is 7.86. The molecule has 17 heavy (non-hydrogen) atoms. The predicted molar refractivity (Wildman–Crippen MR) is 65.3 cm³/mol. The monoisotopic (exact) mass is 237 g/mol. The average molecular weight is 237 g/mol. The number of hydrogen-bond donors (Lipinski definition) is 1. The number of methoxy groups -OCH3 is 1. The smallest absolute Gasteiger partial charge is 0.0882 e. The Balaban J connectivity index is 2.10. The summed E-state index contributed by atoms with van der Waals surface area (Å²) in [4.78, 5) is 0. The van der Waals surface area contributed by atoms with Crippen LogP contribution in [0.15, 0.2) is 0 Å². The number of nitrogens with zero attached hydrogens (tertiary/aromatic N) is 1. The number of aliphatic hydroxyl groups is 1. The summed E-state index contributed by atoms with van der Waals surface area (Å²) in [5.41, 5.74) is -1.02. The van der Waals surface area contributed by atoms with Crippen molar-refractivity contribution in [3.05, 3.63) is 0 Å². The van der Waals surface area contributed by atoms with E-state index < -0.39 is 11.0 Å². The maximum absolute atomic E-state index is 10.7. The second-order valence-corrected chi connectivity index (χ2v) is 6.66. The van der Waals surface area contributed by atoms with E-state index in [1.54, 1.807) is 7.11 Å². The van der Waals surface area contributed by atoms with E-state index in [1.165, 1.54) is 0 Å². The van der Waals surface area contributed by atoms with Crippen LogP contribution in [0.5, 0.6) is 0 Å². The molecule has 1 N–H and O–H groups in total. The highest BCUT2D eigenvalue weighted by Crippen LogP contribution is 2.56. The highest BCUT2D eigenvalue weighted by molar-refractivity contribution is 5.18. The minimum Gasteiger partial charge on any atom is -0.388 e. The summed E-state index contributed by atoms with van der Waals surface area (Å²) in [5, 5.41) is 20.2. The molecule has 2 aliphatic rings. The lowest BCUT2D eigenvalue weighted by atomic mass is 9.53. The summed E-state index contributed by atoms with van der Waals surface area (Å²) >= 11 is 0. The Kier molecular flexibility index (Phi) is 3.00. The first-order valence-corrected chi connectivity index (χ1v) is 6.53. The van der Waals surface area contributed by atoms with Crippen LogP contribution in [0.1, 0.15) is 52.4 Å². The first-order valence-electron chi connectivity index (χ1n) is 6.53. The van der Waals surface area contributed by atoms with Crippen molar-refractivity contribution in [1.29, 1.82) is 5.26 Å². The van der Waals surface area contributed by atoms with E-state index in [0.717, 1.165) is 25.7 Å². The van der Waals surface area contributed by atoms with E-state index in [9.17, 15) is 10.4 Å². The van der Waals surface area contributed by atoms with Crippen LogP contribution in [-0.4, -0.2) is 23.9 Å². The van der Waals surface area contributed by atoms with Gasteiger partial charge in [0, 0.05) is 20.0 Å². The van der Waals surface area contributed by atoms with E-state index >= 15 is 0 Å². The van der Waals surface area contributed by atoms with E-state index in [2.05, 4.69) is 19.9 Å². The van der Waals surface area contributed by atoms with Gasteiger partial charge < -0.3 is 9.84 Å². The van der Waals surface area contributed by atoms with E-state index in [-0.39, 0.29) is 6.10 Å². The zero-order valence-corrected chi connectivity index (χ0v) is 11.1. The molecule has 0 saturated heterocycles. The fraction of sp³-hybridized carbons (Fsp3) is 0.929. The van der Waals surface area contributed by atoms with E-state index in [4.69, 9.17) is 4.74 Å². The molecule has 2 aliphatic carbocycles. The molecule has 0 radical (unpaired) electrons. The molecule has 0 spiro atoms. The SMILES string of the molecule is COC1CC(O)(C2(C#N)CCC(C)(C)CC2)C1. The molecule has 3 heteroatoms. The molecule has 0 bridgehead atoms. The number of ether oxygens (including phenoxy) is 1. The van der Waals surface area contributed by atoms with Gasteiger partial charge in [-0.3, -0.25) is 0 Å². The van der Waals surface area contributed by atoms with Crippen LogP contribution in [0.25, 0.3) is 0 Å². The van der Waals surface area contributed by atoms with Crippen LogP contribution in [0, 0.1) is 22.2 Å². The number of rotatable bonds is 2. The van der Waals surface area contributed by atoms with Gasteiger partial charge in [0.1, 0.15) is 0 Å². The van der Waals surface area contributed by atoms with Crippen molar-refractivity contribution >= 4 is 0 Å². The third-order valence-corrected chi connectivity index (χ3v) is 5.03. The van der Waals surface area contributed by atoms with Gasteiger partial charge in [0.05, 0.1) is 23.2 Å². The van der Waals surface area contributed by atoms with Crippen molar-refractivity contribution in [2.45, 2.75) is 64.1 Å². The second kappa shape index (κ2) is 3.96. The Hall–Kier alpha value is -0.590. The Morgan fingerprint density at radius 2 is 1.71 bits per heavy atom. The van der Waals surface area contributed by atoms with Crippen LogP contribution < -0.4 is 0 Å². The first kappa shape index (κ1) is 12.9. The molecule has 0 aromatic heterocycles. The van der Waals surface area contributed by atoms with Crippen LogP contribution in [-0.2, 0) is 4.74 Å². The summed E-state index contributed by atoms with van der Waals surface area (Å²) in [6.07, 6.45) is 5.09. The lowest BCUT2D eigenvalue weighted by molar-refractivity contribution is -0.192. The van der Waals surface area contributed by atoms with Crippen molar-refractivity contribution in [1.82, 2.24) is 0 Å². The normalized spacial score (nSPS) is 39.1. The molecule has 3 nitrogen and oxygen atoms in total. The van der Waals surface area contributed by atoms with Gasteiger partial charge in [-0.15, -0.1) is 0 Å². The Morgan fingerprint density at radius 3 is 2.12 bits per heavy atom. The summed E-state index contributed by atoms with van der Waals surface area (Å²) in [6, 6.07) is 2.44. The summed E-state index contributed by atoms with van der Waals surface area (Å²) in [5.74, 6) is 0. The molecule has 0 amide bonds. The Morgan fingerprint density at radius 1 is 1.18 bits per heavy atom. The van der Waals surface area contributed by atoms with Crippen LogP contribution in [0.4, 0.5) is 0 Å². The zero-order valence-electron chi connectivity index (χ0n) is 11.1. The van der Waals surface area contributed by atoms with Crippen molar-refractivity contribution < 1.29 is 9.84 Å². The summed E-state index contributed by atoms with van der Waals surface area (Å²) in [6.45, 7) is 4.49. The predicted octanol–water partition coefficient (Wildman–Crippen LogP) is 2.64. The molecule has 96 valence electrons. The van der Waals surface area contributed by atoms with Crippen molar-refractivity contribution in [2.24, 2.45) is 10.8 Å². The van der Waals surface area contributed by atoms with Gasteiger partial charge in [-0.05, 0) is 31.1 Å². The van der Waals surface area contributed by atoms with Gasteiger partial charge in [0.2, 0.25) is 0 Å². The average Bonchev–Trinajstić information content (AvgIpc) is 2.25. The fourth-order valence-electron chi connectivity index (χ4n) is 3.29. The third-order valence-electron chi connectivity index (χ3n) is 5.03. The van der Waals surface area contributed by atoms with Gasteiger partial charge >= 0.3 is 0 Å². The highest BCUT2D eigenvalue weighted by Gasteiger charge is 2.59. The van der Waals surface area contributed by atoms with Gasteiger partial charge in [-0.1, -0.05) is 13.8 Å². The topological polar surface area (TPSA) is 53.2 Å². The quantitative estimate of drug-likeness (QED) is 0.803. The minimum atomic E-state index is -0.807. The second-order valence-electron chi connectivity index (χ2n) is 6.66. The molecule has 0 atom stereocenters. The van der Waals surface area contributed by atoms with Gasteiger partial charge in [-0.2, -0.15) is 5.26 Å². The summed E-state index contributed by atoms with van der Waals surface area (Å²) in [7, 11) is 1.67. The highest BCUT2D eigenvalue weighted by atomic mass is 16.5. The van der Waals surface area contributed by atoms with Crippen molar-refractivity contribution in [2.75, 3.05) is 7.11 Å². The lowest BCUT2D eigenvalue weighted by Gasteiger charge is -2.55. The number of nitriles is 1. The molecule has 0 aliphatic heterocycles. The maximum Gasteiger partial charge on any atom is 0.0882 e. The van der Waals surface area contributed by atoms with Gasteiger partial charge in [-0.25, -0.2) is 0 Å². The summed E-state index contributed by atoms with van der Waals surface area (Å²) < 4.78 is 5.23. The molecular weight excluding hydrogens is 214 g/mol. The zero-order chi connectivity index (χ0) is 12.7. The Labute approximate surface area is 104 Å².